The Morgan fingerprint density at radius 3 is 2.57 bits per heavy atom. The number of H-pyrrole nitrogens is 1. The number of para-hydroxylation sites is 2. The summed E-state index contributed by atoms with van der Waals surface area (Å²) in [5.74, 6) is 1.24. The number of aromatic amines is 1. The molecule has 6 nitrogen and oxygen atoms in total. The lowest BCUT2D eigenvalue weighted by molar-refractivity contribution is 0.630. The highest BCUT2D eigenvalue weighted by molar-refractivity contribution is 5.97. The standard InChI is InChI=1S/C21H15FN6/c22-12-9-10-18-15(11-12)21(28-27-18)26-20-14-6-2-4-8-17(14)24-19(25-20)13-5-1-3-7-16(13)23/h1-11H,23H2,(H2,24,25,26,27,28). The van der Waals surface area contributed by atoms with Crippen LogP contribution in [-0.4, -0.2) is 20.2 Å². The Morgan fingerprint density at radius 1 is 0.857 bits per heavy atom. The number of anilines is 3. The number of nitrogen functional groups attached to an aromatic ring is 1. The number of benzene rings is 3. The molecule has 0 radical (unpaired) electrons. The normalized spacial score (nSPS) is 11.2. The van der Waals surface area contributed by atoms with Crippen molar-refractivity contribution in [3.63, 3.8) is 0 Å². The zero-order valence-corrected chi connectivity index (χ0v) is 14.6. The maximum atomic E-state index is 13.7. The first-order chi connectivity index (χ1) is 13.7. The lowest BCUT2D eigenvalue weighted by Gasteiger charge is -2.11. The van der Waals surface area contributed by atoms with Crippen molar-refractivity contribution in [2.24, 2.45) is 0 Å². The van der Waals surface area contributed by atoms with Crippen molar-refractivity contribution in [2.75, 3.05) is 11.1 Å². The van der Waals surface area contributed by atoms with Crippen LogP contribution in [-0.2, 0) is 0 Å². The van der Waals surface area contributed by atoms with Crippen molar-refractivity contribution in [3.8, 4) is 11.4 Å². The minimum absolute atomic E-state index is 0.331. The summed E-state index contributed by atoms with van der Waals surface area (Å²) in [7, 11) is 0. The van der Waals surface area contributed by atoms with E-state index in [1.165, 1.54) is 12.1 Å². The largest absolute Gasteiger partial charge is 0.398 e. The number of hydrogen-bond acceptors (Lipinski definition) is 5. The summed E-state index contributed by atoms with van der Waals surface area (Å²) in [6.07, 6.45) is 0. The van der Waals surface area contributed by atoms with Crippen LogP contribution in [0.3, 0.4) is 0 Å². The van der Waals surface area contributed by atoms with Gasteiger partial charge in [-0.3, -0.25) is 5.10 Å². The summed E-state index contributed by atoms with van der Waals surface area (Å²) in [5, 5.41) is 11.9. The molecule has 0 amide bonds. The van der Waals surface area contributed by atoms with Crippen LogP contribution in [0.2, 0.25) is 0 Å². The summed E-state index contributed by atoms with van der Waals surface area (Å²) >= 11 is 0. The topological polar surface area (TPSA) is 92.5 Å². The Kier molecular flexibility index (Phi) is 3.65. The van der Waals surface area contributed by atoms with Crippen LogP contribution >= 0.6 is 0 Å². The van der Waals surface area contributed by atoms with Crippen molar-refractivity contribution in [1.82, 2.24) is 20.2 Å². The van der Waals surface area contributed by atoms with E-state index in [1.807, 2.05) is 48.5 Å². The van der Waals surface area contributed by atoms with Gasteiger partial charge in [-0.1, -0.05) is 24.3 Å². The van der Waals surface area contributed by atoms with Gasteiger partial charge in [0.05, 0.1) is 11.0 Å². The predicted molar refractivity (Wildman–Crippen MR) is 109 cm³/mol. The van der Waals surface area contributed by atoms with Gasteiger partial charge in [-0.2, -0.15) is 5.10 Å². The molecule has 0 aliphatic carbocycles. The van der Waals surface area contributed by atoms with E-state index in [2.05, 4.69) is 25.5 Å². The molecule has 4 N–H and O–H groups in total. The van der Waals surface area contributed by atoms with Crippen molar-refractivity contribution in [1.29, 1.82) is 0 Å². The molecule has 0 spiro atoms. The molecule has 0 atom stereocenters. The summed E-state index contributed by atoms with van der Waals surface area (Å²) in [6, 6.07) is 19.6. The van der Waals surface area contributed by atoms with Crippen LogP contribution in [0.15, 0.2) is 66.7 Å². The van der Waals surface area contributed by atoms with Gasteiger partial charge in [-0.25, -0.2) is 14.4 Å². The third-order valence-electron chi connectivity index (χ3n) is 4.57. The Hall–Kier alpha value is -4.00. The number of rotatable bonds is 3. The van der Waals surface area contributed by atoms with Crippen molar-refractivity contribution >= 4 is 39.1 Å². The molecule has 2 heterocycles. The lowest BCUT2D eigenvalue weighted by atomic mass is 10.1. The van der Waals surface area contributed by atoms with Gasteiger partial charge in [-0.05, 0) is 42.5 Å². The van der Waals surface area contributed by atoms with E-state index in [-0.39, 0.29) is 5.82 Å². The van der Waals surface area contributed by atoms with E-state index in [4.69, 9.17) is 5.73 Å². The molecule has 0 unspecified atom stereocenters. The van der Waals surface area contributed by atoms with E-state index in [0.717, 1.165) is 22.0 Å². The number of halogens is 1. The van der Waals surface area contributed by atoms with Gasteiger partial charge in [0.15, 0.2) is 11.6 Å². The van der Waals surface area contributed by atoms with E-state index in [1.54, 1.807) is 6.07 Å². The van der Waals surface area contributed by atoms with Gasteiger partial charge < -0.3 is 11.1 Å². The van der Waals surface area contributed by atoms with E-state index in [0.29, 0.717) is 28.5 Å². The monoisotopic (exact) mass is 370 g/mol. The Balaban J connectivity index is 1.69. The zero-order valence-electron chi connectivity index (χ0n) is 14.6. The highest BCUT2D eigenvalue weighted by Gasteiger charge is 2.14. The number of nitrogens with zero attached hydrogens (tertiary/aromatic N) is 3. The van der Waals surface area contributed by atoms with Gasteiger partial charge in [0.2, 0.25) is 0 Å². The number of aromatic nitrogens is 4. The van der Waals surface area contributed by atoms with Gasteiger partial charge in [0, 0.05) is 22.0 Å². The van der Waals surface area contributed by atoms with Gasteiger partial charge >= 0.3 is 0 Å². The molecule has 7 heteroatoms. The molecule has 0 aliphatic rings. The van der Waals surface area contributed by atoms with Crippen LogP contribution in [0.1, 0.15) is 0 Å². The fourth-order valence-electron chi connectivity index (χ4n) is 3.19. The average Bonchev–Trinajstić information content (AvgIpc) is 3.10. The Morgan fingerprint density at radius 2 is 1.68 bits per heavy atom. The van der Waals surface area contributed by atoms with Crippen molar-refractivity contribution in [3.05, 3.63) is 72.5 Å². The minimum atomic E-state index is -0.331. The zero-order chi connectivity index (χ0) is 19.1. The smallest absolute Gasteiger partial charge is 0.164 e. The number of hydrogen-bond donors (Lipinski definition) is 3. The first-order valence-electron chi connectivity index (χ1n) is 8.71. The van der Waals surface area contributed by atoms with Crippen LogP contribution in [0, 0.1) is 5.82 Å². The van der Waals surface area contributed by atoms with Crippen molar-refractivity contribution < 1.29 is 4.39 Å². The van der Waals surface area contributed by atoms with Crippen LogP contribution < -0.4 is 11.1 Å². The van der Waals surface area contributed by atoms with Gasteiger partial charge in [0.1, 0.15) is 11.6 Å². The molecule has 0 saturated carbocycles. The third-order valence-corrected chi connectivity index (χ3v) is 4.57. The second-order valence-corrected chi connectivity index (χ2v) is 6.39. The molecule has 0 aliphatic heterocycles. The first kappa shape index (κ1) is 16.2. The quantitative estimate of drug-likeness (QED) is 0.402. The second-order valence-electron chi connectivity index (χ2n) is 6.39. The fourth-order valence-corrected chi connectivity index (χ4v) is 3.19. The SMILES string of the molecule is Nc1ccccc1-c1nc(Nc2n[nH]c3ccc(F)cc23)c2ccccc2n1. The number of nitrogens with two attached hydrogens (primary N) is 1. The molecule has 28 heavy (non-hydrogen) atoms. The average molecular weight is 370 g/mol. The summed E-state index contributed by atoms with van der Waals surface area (Å²) in [5.41, 5.74) is 8.95. The maximum absolute atomic E-state index is 13.7. The molecule has 0 bridgehead atoms. The molecule has 0 fully saturated rings. The molecule has 5 rings (SSSR count). The van der Waals surface area contributed by atoms with Gasteiger partial charge in [-0.15, -0.1) is 0 Å². The number of fused-ring (bicyclic) bond motifs is 2. The van der Waals surface area contributed by atoms with Crippen LogP contribution in [0.4, 0.5) is 21.7 Å². The highest BCUT2D eigenvalue weighted by Crippen LogP contribution is 2.31. The van der Waals surface area contributed by atoms with Crippen LogP contribution in [0.25, 0.3) is 33.2 Å². The lowest BCUT2D eigenvalue weighted by Crippen LogP contribution is -2.01. The summed E-state index contributed by atoms with van der Waals surface area (Å²) < 4.78 is 13.7. The number of nitrogens with one attached hydrogen (secondary N) is 2. The maximum Gasteiger partial charge on any atom is 0.164 e. The highest BCUT2D eigenvalue weighted by atomic mass is 19.1. The second kappa shape index (κ2) is 6.31. The summed E-state index contributed by atoms with van der Waals surface area (Å²) in [4.78, 5) is 9.34. The molecule has 0 saturated heterocycles. The molecule has 3 aromatic carbocycles. The third kappa shape index (κ3) is 2.69. The Bertz CT molecular complexity index is 1330. The minimum Gasteiger partial charge on any atom is -0.398 e. The summed E-state index contributed by atoms with van der Waals surface area (Å²) in [6.45, 7) is 0. The molecular weight excluding hydrogens is 355 g/mol. The Labute approximate surface area is 159 Å². The molecule has 5 aromatic rings. The molecule has 136 valence electrons. The van der Waals surface area contributed by atoms with E-state index >= 15 is 0 Å². The van der Waals surface area contributed by atoms with E-state index < -0.39 is 0 Å². The molecule has 2 aromatic heterocycles. The fraction of sp³-hybridized carbons (Fsp3) is 0. The van der Waals surface area contributed by atoms with E-state index in [9.17, 15) is 4.39 Å². The molecular formula is C21H15FN6. The van der Waals surface area contributed by atoms with Gasteiger partial charge in [0.25, 0.3) is 0 Å². The van der Waals surface area contributed by atoms with Crippen LogP contribution in [0.5, 0.6) is 0 Å². The predicted octanol–water partition coefficient (Wildman–Crippen LogP) is 4.64. The van der Waals surface area contributed by atoms with Crippen molar-refractivity contribution in [2.45, 2.75) is 0 Å². The first-order valence-corrected chi connectivity index (χ1v) is 8.71.